The normalized spacial score (nSPS) is 16.4. The van der Waals surface area contributed by atoms with Crippen molar-refractivity contribution in [2.24, 2.45) is 0 Å². The third-order valence-corrected chi connectivity index (χ3v) is 4.64. The van der Waals surface area contributed by atoms with E-state index >= 15 is 4.39 Å². The molecule has 1 N–H and O–H groups in total. The predicted octanol–water partition coefficient (Wildman–Crippen LogP) is 4.86. The Hall–Kier alpha value is -0.930. The molecule has 0 bridgehead atoms. The van der Waals surface area contributed by atoms with Gasteiger partial charge in [0.15, 0.2) is 5.67 Å². The van der Waals surface area contributed by atoms with E-state index in [0.29, 0.717) is 6.42 Å². The Kier molecular flexibility index (Phi) is 4.58. The maximum Gasteiger partial charge on any atom is 0.150 e. The van der Waals surface area contributed by atoms with E-state index in [9.17, 15) is 0 Å². The quantitative estimate of drug-likeness (QED) is 0.796. The smallest absolute Gasteiger partial charge is 0.150 e. The van der Waals surface area contributed by atoms with Gasteiger partial charge in [-0.15, -0.1) is 11.3 Å². The highest BCUT2D eigenvalue weighted by molar-refractivity contribution is 7.17. The molecule has 0 saturated carbocycles. The van der Waals surface area contributed by atoms with Gasteiger partial charge in [0.05, 0.1) is 0 Å². The van der Waals surface area contributed by atoms with Crippen LogP contribution in [0.3, 0.4) is 0 Å². The van der Waals surface area contributed by atoms with Gasteiger partial charge in [-0.2, -0.15) is 0 Å². The van der Waals surface area contributed by atoms with Crippen LogP contribution in [-0.2, 0) is 5.67 Å². The second kappa shape index (κ2) is 6.02. The first-order chi connectivity index (χ1) is 9.11. The van der Waals surface area contributed by atoms with Gasteiger partial charge in [-0.25, -0.2) is 4.39 Å². The van der Waals surface area contributed by atoms with Crippen molar-refractivity contribution < 1.29 is 4.39 Å². The monoisotopic (exact) mass is 279 g/mol. The lowest BCUT2D eigenvalue weighted by Gasteiger charge is -2.32. The molecule has 1 aromatic heterocycles. The van der Waals surface area contributed by atoms with Crippen LogP contribution in [0.4, 0.5) is 4.39 Å². The minimum absolute atomic E-state index is 0.173. The van der Waals surface area contributed by atoms with Crippen molar-refractivity contribution in [3.63, 3.8) is 0 Å². The molecule has 3 heteroatoms. The lowest BCUT2D eigenvalue weighted by Crippen LogP contribution is -2.43. The SMILES string of the molecule is CCCC(F)(c1ccc2sccc2c1)C(C)NCC. The van der Waals surface area contributed by atoms with E-state index < -0.39 is 5.67 Å². The topological polar surface area (TPSA) is 12.0 Å². The van der Waals surface area contributed by atoms with Crippen LogP contribution >= 0.6 is 11.3 Å². The first-order valence-electron chi connectivity index (χ1n) is 7.01. The molecule has 0 aliphatic heterocycles. The Morgan fingerprint density at radius 2 is 2.11 bits per heavy atom. The van der Waals surface area contributed by atoms with E-state index in [4.69, 9.17) is 0 Å². The first kappa shape index (κ1) is 14.5. The second-order valence-corrected chi connectivity index (χ2v) is 6.01. The van der Waals surface area contributed by atoms with Crippen LogP contribution in [0.2, 0.25) is 0 Å². The van der Waals surface area contributed by atoms with Gasteiger partial charge >= 0.3 is 0 Å². The van der Waals surface area contributed by atoms with E-state index in [-0.39, 0.29) is 6.04 Å². The zero-order valence-electron chi connectivity index (χ0n) is 11.9. The lowest BCUT2D eigenvalue weighted by atomic mass is 9.84. The summed E-state index contributed by atoms with van der Waals surface area (Å²) < 4.78 is 16.7. The molecule has 2 atom stereocenters. The summed E-state index contributed by atoms with van der Waals surface area (Å²) in [6.07, 6.45) is 1.39. The van der Waals surface area contributed by atoms with Crippen molar-refractivity contribution in [2.75, 3.05) is 6.54 Å². The Balaban J connectivity index is 2.41. The predicted molar refractivity (Wildman–Crippen MR) is 82.7 cm³/mol. The van der Waals surface area contributed by atoms with Crippen molar-refractivity contribution in [2.45, 2.75) is 45.3 Å². The number of benzene rings is 1. The molecule has 0 radical (unpaired) electrons. The number of fused-ring (bicyclic) bond motifs is 1. The Labute approximate surface area is 118 Å². The van der Waals surface area contributed by atoms with Gasteiger partial charge < -0.3 is 5.32 Å². The molecule has 2 aromatic rings. The van der Waals surface area contributed by atoms with Crippen molar-refractivity contribution >= 4 is 21.4 Å². The number of rotatable bonds is 6. The standard InChI is InChI=1S/C16H22FNS/c1-4-9-16(17,12(3)18-5-2)14-6-7-15-13(11-14)8-10-19-15/h6-8,10-12,18H,4-5,9H2,1-3H3. The first-order valence-corrected chi connectivity index (χ1v) is 7.89. The third-order valence-electron chi connectivity index (χ3n) is 3.74. The fraction of sp³-hybridized carbons (Fsp3) is 0.500. The van der Waals surface area contributed by atoms with Crippen molar-refractivity contribution in [3.8, 4) is 0 Å². The molecule has 19 heavy (non-hydrogen) atoms. The number of hydrogen-bond donors (Lipinski definition) is 1. The molecule has 2 unspecified atom stereocenters. The molecule has 104 valence electrons. The van der Waals surface area contributed by atoms with Gasteiger partial charge in [0.1, 0.15) is 0 Å². The van der Waals surface area contributed by atoms with E-state index in [0.717, 1.165) is 23.9 Å². The third kappa shape index (κ3) is 2.82. The summed E-state index contributed by atoms with van der Waals surface area (Å²) in [6, 6.07) is 7.89. The summed E-state index contributed by atoms with van der Waals surface area (Å²) in [7, 11) is 0. The number of hydrogen-bond acceptors (Lipinski definition) is 2. The number of thiophene rings is 1. The van der Waals surface area contributed by atoms with Crippen molar-refractivity contribution in [3.05, 3.63) is 35.2 Å². The highest BCUT2D eigenvalue weighted by atomic mass is 32.1. The minimum Gasteiger partial charge on any atom is -0.311 e. The summed E-state index contributed by atoms with van der Waals surface area (Å²) >= 11 is 1.70. The molecule has 1 nitrogen and oxygen atoms in total. The fourth-order valence-corrected chi connectivity index (χ4v) is 3.44. The average molecular weight is 279 g/mol. The van der Waals surface area contributed by atoms with E-state index in [1.165, 1.54) is 4.70 Å². The van der Waals surface area contributed by atoms with Gasteiger partial charge in [-0.05, 0) is 54.4 Å². The molecule has 2 rings (SSSR count). The van der Waals surface area contributed by atoms with Crippen molar-refractivity contribution in [1.82, 2.24) is 5.32 Å². The van der Waals surface area contributed by atoms with E-state index in [1.54, 1.807) is 11.3 Å². The second-order valence-electron chi connectivity index (χ2n) is 5.07. The van der Waals surface area contributed by atoms with Gasteiger partial charge in [0, 0.05) is 10.7 Å². The Bertz CT molecular complexity index is 536. The van der Waals surface area contributed by atoms with E-state index in [2.05, 4.69) is 16.8 Å². The van der Waals surface area contributed by atoms with E-state index in [1.807, 2.05) is 39.0 Å². The molecular weight excluding hydrogens is 257 g/mol. The summed E-state index contributed by atoms with van der Waals surface area (Å²) in [4.78, 5) is 0. The van der Waals surface area contributed by atoms with Crippen LogP contribution in [-0.4, -0.2) is 12.6 Å². The largest absolute Gasteiger partial charge is 0.311 e. The molecule has 1 aromatic carbocycles. The fourth-order valence-electron chi connectivity index (χ4n) is 2.67. The zero-order chi connectivity index (χ0) is 13.9. The van der Waals surface area contributed by atoms with Gasteiger partial charge in [0.2, 0.25) is 0 Å². The highest BCUT2D eigenvalue weighted by Crippen LogP contribution is 2.37. The van der Waals surface area contributed by atoms with Crippen LogP contribution in [0.15, 0.2) is 29.6 Å². The lowest BCUT2D eigenvalue weighted by molar-refractivity contribution is 0.0999. The molecule has 1 heterocycles. The summed E-state index contributed by atoms with van der Waals surface area (Å²) in [5.74, 6) is 0. The Morgan fingerprint density at radius 1 is 1.32 bits per heavy atom. The minimum atomic E-state index is -1.29. The maximum absolute atomic E-state index is 15.5. The van der Waals surface area contributed by atoms with Gasteiger partial charge in [-0.3, -0.25) is 0 Å². The van der Waals surface area contributed by atoms with Crippen LogP contribution < -0.4 is 5.32 Å². The zero-order valence-corrected chi connectivity index (χ0v) is 12.7. The summed E-state index contributed by atoms with van der Waals surface area (Å²) in [5.41, 5.74) is -0.491. The van der Waals surface area contributed by atoms with Crippen LogP contribution in [0.1, 0.15) is 39.2 Å². The summed E-state index contributed by atoms with van der Waals surface area (Å²) in [5, 5.41) is 6.44. The maximum atomic E-state index is 15.5. The molecule has 0 aliphatic carbocycles. The number of alkyl halides is 1. The highest BCUT2D eigenvalue weighted by Gasteiger charge is 2.37. The van der Waals surface area contributed by atoms with Gasteiger partial charge in [-0.1, -0.05) is 26.3 Å². The van der Waals surface area contributed by atoms with Gasteiger partial charge in [0.25, 0.3) is 0 Å². The number of nitrogens with one attached hydrogen (secondary N) is 1. The van der Waals surface area contributed by atoms with Crippen molar-refractivity contribution in [1.29, 1.82) is 0 Å². The number of likely N-dealkylation sites (N-methyl/N-ethyl adjacent to an activating group) is 1. The van der Waals surface area contributed by atoms with Crippen LogP contribution in [0.5, 0.6) is 0 Å². The molecule has 0 spiro atoms. The Morgan fingerprint density at radius 3 is 2.79 bits per heavy atom. The molecular formula is C16H22FNS. The molecule has 0 saturated heterocycles. The average Bonchev–Trinajstić information content (AvgIpc) is 2.86. The van der Waals surface area contributed by atoms with Crippen LogP contribution in [0.25, 0.3) is 10.1 Å². The summed E-state index contributed by atoms with van der Waals surface area (Å²) in [6.45, 7) is 6.79. The molecule has 0 aliphatic rings. The van der Waals surface area contributed by atoms with Crippen LogP contribution in [0, 0.1) is 0 Å². The molecule has 0 amide bonds. The molecule has 0 fully saturated rings. The number of halogens is 1.